The summed E-state index contributed by atoms with van der Waals surface area (Å²) in [5.41, 5.74) is 8.33. The first-order valence-electron chi connectivity index (χ1n) is 6.69. The van der Waals surface area contributed by atoms with Crippen LogP contribution in [0.2, 0.25) is 0 Å². The maximum Gasteiger partial charge on any atom is 0.257 e. The van der Waals surface area contributed by atoms with Gasteiger partial charge in [-0.25, -0.2) is 4.98 Å². The van der Waals surface area contributed by atoms with Gasteiger partial charge in [0, 0.05) is 29.8 Å². The van der Waals surface area contributed by atoms with E-state index >= 15 is 0 Å². The standard InChI is InChI=1S/C16H14N4O2/c1-10-8-12(3-4-13(10)15(17)21)19-16(22)11-2-5-14-18-6-7-20(14)9-11/h2-9H,1H3,(H2,17,21)(H,19,22). The fourth-order valence-corrected chi connectivity index (χ4v) is 2.28. The van der Waals surface area contributed by atoms with E-state index in [-0.39, 0.29) is 5.91 Å². The number of aromatic nitrogens is 2. The molecule has 3 rings (SSSR count). The van der Waals surface area contributed by atoms with Crippen molar-refractivity contribution in [3.05, 3.63) is 65.6 Å². The number of aryl methyl sites for hydroxylation is 1. The van der Waals surface area contributed by atoms with Gasteiger partial charge in [-0.15, -0.1) is 0 Å². The van der Waals surface area contributed by atoms with Crippen LogP contribution in [0.3, 0.4) is 0 Å². The van der Waals surface area contributed by atoms with Crippen LogP contribution in [0.4, 0.5) is 5.69 Å². The van der Waals surface area contributed by atoms with Gasteiger partial charge in [-0.1, -0.05) is 0 Å². The SMILES string of the molecule is Cc1cc(NC(=O)c2ccc3nccn3c2)ccc1C(N)=O. The van der Waals surface area contributed by atoms with Gasteiger partial charge < -0.3 is 15.5 Å². The van der Waals surface area contributed by atoms with Gasteiger partial charge in [-0.3, -0.25) is 9.59 Å². The van der Waals surface area contributed by atoms with Gasteiger partial charge >= 0.3 is 0 Å². The third kappa shape index (κ3) is 2.54. The van der Waals surface area contributed by atoms with E-state index in [1.807, 2.05) is 0 Å². The molecule has 110 valence electrons. The first-order valence-corrected chi connectivity index (χ1v) is 6.69. The maximum absolute atomic E-state index is 12.3. The fraction of sp³-hybridized carbons (Fsp3) is 0.0625. The van der Waals surface area contributed by atoms with Crippen molar-refractivity contribution in [2.24, 2.45) is 5.73 Å². The lowest BCUT2D eigenvalue weighted by Crippen LogP contribution is -2.15. The van der Waals surface area contributed by atoms with Gasteiger partial charge in [0.2, 0.25) is 5.91 Å². The highest BCUT2D eigenvalue weighted by Gasteiger charge is 2.10. The zero-order chi connectivity index (χ0) is 15.7. The predicted molar refractivity (Wildman–Crippen MR) is 82.8 cm³/mol. The van der Waals surface area contributed by atoms with Gasteiger partial charge in [-0.05, 0) is 42.8 Å². The molecule has 1 aromatic carbocycles. The molecule has 0 aliphatic rings. The number of carbonyl (C=O) groups excluding carboxylic acids is 2. The minimum Gasteiger partial charge on any atom is -0.366 e. The highest BCUT2D eigenvalue weighted by molar-refractivity contribution is 6.04. The zero-order valence-electron chi connectivity index (χ0n) is 11.9. The third-order valence-corrected chi connectivity index (χ3v) is 3.40. The molecule has 3 N–H and O–H groups in total. The normalized spacial score (nSPS) is 10.6. The van der Waals surface area contributed by atoms with Crippen molar-refractivity contribution in [3.63, 3.8) is 0 Å². The van der Waals surface area contributed by atoms with Crippen molar-refractivity contribution in [1.29, 1.82) is 0 Å². The van der Waals surface area contributed by atoms with E-state index in [9.17, 15) is 9.59 Å². The van der Waals surface area contributed by atoms with E-state index in [0.29, 0.717) is 16.8 Å². The number of pyridine rings is 1. The second-order valence-electron chi connectivity index (χ2n) is 4.96. The molecule has 6 heteroatoms. The second-order valence-corrected chi connectivity index (χ2v) is 4.96. The minimum absolute atomic E-state index is 0.234. The first kappa shape index (κ1) is 13.8. The number of nitrogens with two attached hydrogens (primary N) is 1. The number of hydrogen-bond acceptors (Lipinski definition) is 3. The Morgan fingerprint density at radius 1 is 1.23 bits per heavy atom. The molecule has 0 aliphatic heterocycles. The summed E-state index contributed by atoms with van der Waals surface area (Å²) in [5, 5.41) is 2.80. The van der Waals surface area contributed by atoms with Crippen molar-refractivity contribution in [3.8, 4) is 0 Å². The Bertz CT molecular complexity index is 883. The Balaban J connectivity index is 1.84. The average Bonchev–Trinajstić information content (AvgIpc) is 2.94. The van der Waals surface area contributed by atoms with Gasteiger partial charge in [0.25, 0.3) is 5.91 Å². The summed E-state index contributed by atoms with van der Waals surface area (Å²) in [5.74, 6) is -0.720. The molecule has 6 nitrogen and oxygen atoms in total. The van der Waals surface area contributed by atoms with Crippen LogP contribution in [0, 0.1) is 6.92 Å². The summed E-state index contributed by atoms with van der Waals surface area (Å²) in [6, 6.07) is 8.46. The summed E-state index contributed by atoms with van der Waals surface area (Å²) in [7, 11) is 0. The molecule has 2 amide bonds. The van der Waals surface area contributed by atoms with Crippen LogP contribution in [0.1, 0.15) is 26.3 Å². The van der Waals surface area contributed by atoms with Crippen LogP contribution in [0.25, 0.3) is 5.65 Å². The van der Waals surface area contributed by atoms with Gasteiger partial charge in [-0.2, -0.15) is 0 Å². The van der Waals surface area contributed by atoms with Crippen molar-refractivity contribution in [2.75, 3.05) is 5.32 Å². The van der Waals surface area contributed by atoms with Crippen molar-refractivity contribution in [1.82, 2.24) is 9.38 Å². The van der Waals surface area contributed by atoms with Gasteiger partial charge in [0.1, 0.15) is 5.65 Å². The number of hydrogen-bond donors (Lipinski definition) is 2. The Morgan fingerprint density at radius 3 is 2.77 bits per heavy atom. The van der Waals surface area contributed by atoms with Crippen LogP contribution in [-0.2, 0) is 0 Å². The van der Waals surface area contributed by atoms with Crippen molar-refractivity contribution in [2.45, 2.75) is 6.92 Å². The number of primary amides is 1. The number of benzene rings is 1. The molecule has 2 aromatic heterocycles. The van der Waals surface area contributed by atoms with Gasteiger partial charge in [0.15, 0.2) is 0 Å². The molecule has 0 bridgehead atoms. The highest BCUT2D eigenvalue weighted by Crippen LogP contribution is 2.16. The van der Waals surface area contributed by atoms with Crippen LogP contribution < -0.4 is 11.1 Å². The third-order valence-electron chi connectivity index (χ3n) is 3.40. The van der Waals surface area contributed by atoms with Crippen LogP contribution in [0.15, 0.2) is 48.9 Å². The molecule has 0 saturated carbocycles. The van der Waals surface area contributed by atoms with Crippen molar-refractivity contribution < 1.29 is 9.59 Å². The molecule has 0 radical (unpaired) electrons. The largest absolute Gasteiger partial charge is 0.366 e. The highest BCUT2D eigenvalue weighted by atomic mass is 16.2. The Morgan fingerprint density at radius 2 is 2.05 bits per heavy atom. The molecular formula is C16H14N4O2. The number of nitrogens with one attached hydrogen (secondary N) is 1. The number of fused-ring (bicyclic) bond motifs is 1. The van der Waals surface area contributed by atoms with E-state index in [0.717, 1.165) is 11.2 Å². The summed E-state index contributed by atoms with van der Waals surface area (Å²) < 4.78 is 1.77. The summed E-state index contributed by atoms with van der Waals surface area (Å²) in [4.78, 5) is 27.6. The Kier molecular flexibility index (Phi) is 3.34. The predicted octanol–water partition coefficient (Wildman–Crippen LogP) is 1.99. The maximum atomic E-state index is 12.3. The molecule has 0 saturated heterocycles. The number of anilines is 1. The summed E-state index contributed by atoms with van der Waals surface area (Å²) in [6.07, 6.45) is 5.16. The zero-order valence-corrected chi connectivity index (χ0v) is 11.9. The molecule has 3 aromatic rings. The second kappa shape index (κ2) is 5.33. The van der Waals surface area contributed by atoms with E-state index < -0.39 is 5.91 Å². The van der Waals surface area contributed by atoms with E-state index in [2.05, 4.69) is 10.3 Å². The van der Waals surface area contributed by atoms with E-state index in [1.54, 1.807) is 60.2 Å². The smallest absolute Gasteiger partial charge is 0.257 e. The van der Waals surface area contributed by atoms with Crippen LogP contribution >= 0.6 is 0 Å². The molecule has 0 unspecified atom stereocenters. The number of carbonyl (C=O) groups is 2. The monoisotopic (exact) mass is 294 g/mol. The van der Waals surface area contributed by atoms with E-state index in [1.165, 1.54) is 0 Å². The fourth-order valence-electron chi connectivity index (χ4n) is 2.28. The number of imidazole rings is 1. The lowest BCUT2D eigenvalue weighted by Gasteiger charge is -2.08. The lowest BCUT2D eigenvalue weighted by molar-refractivity contribution is 0.0997. The molecular weight excluding hydrogens is 280 g/mol. The minimum atomic E-state index is -0.485. The quantitative estimate of drug-likeness (QED) is 0.774. The number of rotatable bonds is 3. The molecule has 22 heavy (non-hydrogen) atoms. The lowest BCUT2D eigenvalue weighted by atomic mass is 10.1. The molecule has 0 spiro atoms. The topological polar surface area (TPSA) is 89.5 Å². The average molecular weight is 294 g/mol. The molecule has 0 aliphatic carbocycles. The van der Waals surface area contributed by atoms with Crippen molar-refractivity contribution >= 4 is 23.1 Å². The summed E-state index contributed by atoms with van der Waals surface area (Å²) >= 11 is 0. The Hall–Kier alpha value is -3.15. The molecule has 2 heterocycles. The van der Waals surface area contributed by atoms with Crippen LogP contribution in [-0.4, -0.2) is 21.2 Å². The molecule has 0 fully saturated rings. The number of nitrogens with zero attached hydrogens (tertiary/aromatic N) is 2. The number of amides is 2. The molecule has 0 atom stereocenters. The summed E-state index contributed by atoms with van der Waals surface area (Å²) in [6.45, 7) is 1.77. The van der Waals surface area contributed by atoms with Crippen LogP contribution in [0.5, 0.6) is 0 Å². The van der Waals surface area contributed by atoms with E-state index in [4.69, 9.17) is 5.73 Å². The van der Waals surface area contributed by atoms with Gasteiger partial charge in [0.05, 0.1) is 5.56 Å². The Labute approximate surface area is 126 Å². The first-order chi connectivity index (χ1) is 10.5.